The molecule has 1 aliphatic carbocycles. The van der Waals surface area contributed by atoms with Crippen molar-refractivity contribution in [3.05, 3.63) is 53.2 Å². The molecule has 3 N–H and O–H groups in total. The first kappa shape index (κ1) is 18.4. The number of H-pyrrole nitrogens is 1. The van der Waals surface area contributed by atoms with E-state index in [0.29, 0.717) is 16.4 Å². The predicted octanol–water partition coefficient (Wildman–Crippen LogP) is 4.36. The van der Waals surface area contributed by atoms with E-state index in [1.165, 1.54) is 0 Å². The second kappa shape index (κ2) is 7.56. The molecule has 0 atom stereocenters. The summed E-state index contributed by atoms with van der Waals surface area (Å²) in [7, 11) is 1.61. The Morgan fingerprint density at radius 3 is 2.75 bits per heavy atom. The molecule has 2 amide bonds. The molecule has 144 valence electrons. The normalized spacial score (nSPS) is 13.4. The molecule has 0 aliphatic heterocycles. The van der Waals surface area contributed by atoms with Crippen LogP contribution in [0.3, 0.4) is 0 Å². The maximum Gasteiger partial charge on any atom is 0.228 e. The second-order valence-electron chi connectivity index (χ2n) is 6.91. The minimum atomic E-state index is -0.162. The number of carbonyl (C=O) groups is 2. The summed E-state index contributed by atoms with van der Waals surface area (Å²) in [6.45, 7) is 0. The number of aromatic amines is 1. The molecule has 1 fully saturated rings. The zero-order valence-corrected chi connectivity index (χ0v) is 16.1. The zero-order chi connectivity index (χ0) is 19.7. The lowest BCUT2D eigenvalue weighted by molar-refractivity contribution is -0.117. The van der Waals surface area contributed by atoms with Gasteiger partial charge in [-0.3, -0.25) is 9.59 Å². The quantitative estimate of drug-likeness (QED) is 0.577. The van der Waals surface area contributed by atoms with Crippen LogP contribution >= 0.6 is 11.6 Å². The molecule has 0 unspecified atom stereocenters. The first-order chi connectivity index (χ1) is 13.5. The van der Waals surface area contributed by atoms with Gasteiger partial charge in [-0.2, -0.15) is 0 Å². The lowest BCUT2D eigenvalue weighted by Crippen LogP contribution is -2.16. The van der Waals surface area contributed by atoms with Crippen molar-refractivity contribution in [3.63, 3.8) is 0 Å². The van der Waals surface area contributed by atoms with Crippen LogP contribution in [0.4, 0.5) is 11.4 Å². The number of carbonyl (C=O) groups excluding carboxylic acids is 2. The molecule has 0 spiro atoms. The molecule has 0 bridgehead atoms. The molecule has 1 heterocycles. The fourth-order valence-electron chi connectivity index (χ4n) is 3.09. The first-order valence-electron chi connectivity index (χ1n) is 9.08. The average molecular weight is 398 g/mol. The van der Waals surface area contributed by atoms with Gasteiger partial charge in [0.15, 0.2) is 0 Å². The molecule has 0 saturated heterocycles. The summed E-state index contributed by atoms with van der Waals surface area (Å²) in [5.74, 6) is 0.624. The summed E-state index contributed by atoms with van der Waals surface area (Å²) in [5.41, 5.74) is 2.91. The Morgan fingerprint density at radius 2 is 2.00 bits per heavy atom. The van der Waals surface area contributed by atoms with Gasteiger partial charge in [0.1, 0.15) is 5.75 Å². The second-order valence-corrected chi connectivity index (χ2v) is 7.32. The number of anilines is 2. The summed E-state index contributed by atoms with van der Waals surface area (Å²) in [5, 5.41) is 7.08. The van der Waals surface area contributed by atoms with E-state index in [1.807, 2.05) is 24.4 Å². The summed E-state index contributed by atoms with van der Waals surface area (Å²) < 4.78 is 5.26. The van der Waals surface area contributed by atoms with E-state index in [4.69, 9.17) is 16.3 Å². The van der Waals surface area contributed by atoms with E-state index >= 15 is 0 Å². The molecule has 7 heteroatoms. The van der Waals surface area contributed by atoms with Gasteiger partial charge < -0.3 is 20.4 Å². The smallest absolute Gasteiger partial charge is 0.228 e. The van der Waals surface area contributed by atoms with Gasteiger partial charge in [0.25, 0.3) is 0 Å². The Bertz CT molecular complexity index is 1060. The number of halogens is 1. The van der Waals surface area contributed by atoms with Crippen LogP contribution < -0.4 is 15.4 Å². The lowest BCUT2D eigenvalue weighted by Gasteiger charge is -2.10. The van der Waals surface area contributed by atoms with Crippen molar-refractivity contribution in [1.29, 1.82) is 0 Å². The lowest BCUT2D eigenvalue weighted by atomic mass is 10.1. The fourth-order valence-corrected chi connectivity index (χ4v) is 3.25. The summed E-state index contributed by atoms with van der Waals surface area (Å²) in [4.78, 5) is 27.7. The Kier molecular flexibility index (Phi) is 4.96. The van der Waals surface area contributed by atoms with Gasteiger partial charge in [-0.05, 0) is 54.8 Å². The molecule has 1 saturated carbocycles. The number of rotatable bonds is 6. The Balaban J connectivity index is 1.47. The third-order valence-electron chi connectivity index (χ3n) is 4.78. The van der Waals surface area contributed by atoms with E-state index in [1.54, 1.807) is 25.3 Å². The molecule has 0 radical (unpaired) electrons. The summed E-state index contributed by atoms with van der Waals surface area (Å²) in [6, 6.07) is 10.7. The van der Waals surface area contributed by atoms with Crippen LogP contribution in [0.5, 0.6) is 5.75 Å². The van der Waals surface area contributed by atoms with Crippen LogP contribution in [0.15, 0.2) is 42.6 Å². The molecule has 2 aromatic carbocycles. The van der Waals surface area contributed by atoms with Crippen LogP contribution in [-0.2, 0) is 16.0 Å². The van der Waals surface area contributed by atoms with E-state index in [0.717, 1.165) is 35.1 Å². The molecule has 3 aromatic rings. The molecular weight excluding hydrogens is 378 g/mol. The molecule has 1 aliphatic rings. The highest BCUT2D eigenvalue weighted by molar-refractivity contribution is 6.34. The molecular formula is C21H20ClN3O3. The summed E-state index contributed by atoms with van der Waals surface area (Å²) >= 11 is 6.17. The Morgan fingerprint density at radius 1 is 1.18 bits per heavy atom. The van der Waals surface area contributed by atoms with Crippen LogP contribution in [0.1, 0.15) is 18.4 Å². The van der Waals surface area contributed by atoms with E-state index in [-0.39, 0.29) is 24.2 Å². The van der Waals surface area contributed by atoms with Crippen molar-refractivity contribution in [2.75, 3.05) is 17.7 Å². The topological polar surface area (TPSA) is 83.2 Å². The van der Waals surface area contributed by atoms with Crippen molar-refractivity contribution in [2.45, 2.75) is 19.3 Å². The average Bonchev–Trinajstić information content (AvgIpc) is 3.47. The number of benzene rings is 2. The minimum absolute atomic E-state index is 0.0295. The van der Waals surface area contributed by atoms with Crippen LogP contribution in [0, 0.1) is 5.92 Å². The van der Waals surface area contributed by atoms with E-state index in [2.05, 4.69) is 15.6 Å². The first-order valence-corrected chi connectivity index (χ1v) is 9.45. The Hall–Kier alpha value is -2.99. The number of amides is 2. The van der Waals surface area contributed by atoms with Gasteiger partial charge in [0.2, 0.25) is 11.8 Å². The van der Waals surface area contributed by atoms with Gasteiger partial charge in [0, 0.05) is 28.7 Å². The van der Waals surface area contributed by atoms with Crippen LogP contribution in [-0.4, -0.2) is 23.9 Å². The molecule has 4 rings (SSSR count). The van der Waals surface area contributed by atoms with Gasteiger partial charge in [-0.15, -0.1) is 0 Å². The molecule has 1 aromatic heterocycles. The maximum absolute atomic E-state index is 12.5. The zero-order valence-electron chi connectivity index (χ0n) is 15.3. The Labute approximate surface area is 167 Å². The van der Waals surface area contributed by atoms with Gasteiger partial charge in [-0.1, -0.05) is 11.6 Å². The number of nitrogens with one attached hydrogen (secondary N) is 3. The SMILES string of the molecule is COc1ccc2[nH]cc(CC(=O)Nc3ccc(Cl)c(NC(=O)C4CC4)c3)c2c1. The van der Waals surface area contributed by atoms with E-state index < -0.39 is 0 Å². The number of methoxy groups -OCH3 is 1. The van der Waals surface area contributed by atoms with Crippen LogP contribution in [0.2, 0.25) is 5.02 Å². The van der Waals surface area contributed by atoms with Gasteiger partial charge >= 0.3 is 0 Å². The minimum Gasteiger partial charge on any atom is -0.497 e. The number of fused-ring (bicyclic) bond motifs is 1. The standard InChI is InChI=1S/C21H20ClN3O3/c1-28-15-5-7-18-16(10-15)13(11-23-18)8-20(26)24-14-4-6-17(22)19(9-14)25-21(27)12-2-3-12/h4-7,9-12,23H,2-3,8H2,1H3,(H,24,26)(H,25,27). The van der Waals surface area contributed by atoms with Crippen molar-refractivity contribution in [2.24, 2.45) is 5.92 Å². The number of aromatic nitrogens is 1. The van der Waals surface area contributed by atoms with Crippen molar-refractivity contribution in [3.8, 4) is 5.75 Å². The fraction of sp³-hybridized carbons (Fsp3) is 0.238. The van der Waals surface area contributed by atoms with Crippen molar-refractivity contribution in [1.82, 2.24) is 4.98 Å². The van der Waals surface area contributed by atoms with Crippen molar-refractivity contribution < 1.29 is 14.3 Å². The maximum atomic E-state index is 12.5. The van der Waals surface area contributed by atoms with Gasteiger partial charge in [-0.25, -0.2) is 0 Å². The largest absolute Gasteiger partial charge is 0.497 e. The number of ether oxygens (including phenoxy) is 1. The highest BCUT2D eigenvalue weighted by Crippen LogP contribution is 2.32. The number of hydrogen-bond acceptors (Lipinski definition) is 3. The predicted molar refractivity (Wildman–Crippen MR) is 110 cm³/mol. The van der Waals surface area contributed by atoms with Crippen molar-refractivity contribution >= 4 is 45.7 Å². The highest BCUT2D eigenvalue weighted by atomic mass is 35.5. The molecule has 28 heavy (non-hydrogen) atoms. The third kappa shape index (κ3) is 3.97. The highest BCUT2D eigenvalue weighted by Gasteiger charge is 2.30. The molecule has 6 nitrogen and oxygen atoms in total. The third-order valence-corrected chi connectivity index (χ3v) is 5.11. The monoisotopic (exact) mass is 397 g/mol. The summed E-state index contributed by atoms with van der Waals surface area (Å²) in [6.07, 6.45) is 3.86. The van der Waals surface area contributed by atoms with Crippen LogP contribution in [0.25, 0.3) is 10.9 Å². The van der Waals surface area contributed by atoms with Gasteiger partial charge in [0.05, 0.1) is 24.2 Å². The number of hydrogen-bond donors (Lipinski definition) is 3. The van der Waals surface area contributed by atoms with E-state index in [9.17, 15) is 9.59 Å².